The van der Waals surface area contributed by atoms with Crippen molar-refractivity contribution in [1.29, 1.82) is 0 Å². The molecule has 1 aliphatic rings. The summed E-state index contributed by atoms with van der Waals surface area (Å²) in [6.07, 6.45) is 9.21. The minimum absolute atomic E-state index is 0.118. The zero-order valence-electron chi connectivity index (χ0n) is 13.3. The molecule has 1 aromatic carbocycles. The lowest BCUT2D eigenvalue weighted by Gasteiger charge is -2.20. The number of carbonyl (C=O) groups is 2. The SMILES string of the molecule is CC(=O)Nc1ccc(OC(=O)CCCC2CCCCC2)cc1. The minimum atomic E-state index is -0.178. The van der Waals surface area contributed by atoms with Gasteiger partial charge in [0.2, 0.25) is 5.91 Å². The Morgan fingerprint density at radius 2 is 1.82 bits per heavy atom. The molecule has 1 amide bonds. The first-order valence-electron chi connectivity index (χ1n) is 8.22. The van der Waals surface area contributed by atoms with Crippen LogP contribution in [0.2, 0.25) is 0 Å². The van der Waals surface area contributed by atoms with Crippen LogP contribution in [-0.2, 0) is 9.59 Å². The average Bonchev–Trinajstić information content (AvgIpc) is 2.50. The molecule has 1 aliphatic carbocycles. The fourth-order valence-corrected chi connectivity index (χ4v) is 3.00. The van der Waals surface area contributed by atoms with Gasteiger partial charge in [-0.2, -0.15) is 0 Å². The Bertz CT molecular complexity index is 490. The largest absolute Gasteiger partial charge is 0.427 e. The van der Waals surface area contributed by atoms with Crippen LogP contribution in [0.5, 0.6) is 5.75 Å². The Labute approximate surface area is 132 Å². The molecule has 0 bridgehead atoms. The van der Waals surface area contributed by atoms with Gasteiger partial charge in [0, 0.05) is 19.0 Å². The van der Waals surface area contributed by atoms with Crippen LogP contribution in [0.3, 0.4) is 0 Å². The van der Waals surface area contributed by atoms with Gasteiger partial charge in [-0.1, -0.05) is 32.1 Å². The average molecular weight is 303 g/mol. The highest BCUT2D eigenvalue weighted by Gasteiger charge is 2.14. The van der Waals surface area contributed by atoms with E-state index in [1.807, 2.05) is 0 Å². The second-order valence-corrected chi connectivity index (χ2v) is 6.08. The molecule has 1 N–H and O–H groups in total. The van der Waals surface area contributed by atoms with Crippen LogP contribution in [0.4, 0.5) is 5.69 Å². The zero-order chi connectivity index (χ0) is 15.8. The third kappa shape index (κ3) is 5.88. The van der Waals surface area contributed by atoms with Gasteiger partial charge in [0.1, 0.15) is 5.75 Å². The summed E-state index contributed by atoms with van der Waals surface area (Å²) in [4.78, 5) is 22.8. The van der Waals surface area contributed by atoms with Crippen molar-refractivity contribution in [3.8, 4) is 5.75 Å². The molecule has 0 saturated heterocycles. The van der Waals surface area contributed by atoms with Crippen molar-refractivity contribution in [3.63, 3.8) is 0 Å². The van der Waals surface area contributed by atoms with E-state index in [2.05, 4.69) is 5.32 Å². The predicted octanol–water partition coefficient (Wildman–Crippen LogP) is 4.30. The molecule has 2 rings (SSSR count). The van der Waals surface area contributed by atoms with Crippen LogP contribution in [0.15, 0.2) is 24.3 Å². The first-order valence-corrected chi connectivity index (χ1v) is 8.22. The summed E-state index contributed by atoms with van der Waals surface area (Å²) in [5.41, 5.74) is 0.699. The fourth-order valence-electron chi connectivity index (χ4n) is 3.00. The van der Waals surface area contributed by atoms with E-state index in [9.17, 15) is 9.59 Å². The van der Waals surface area contributed by atoms with Crippen LogP contribution < -0.4 is 10.1 Å². The quantitative estimate of drug-likeness (QED) is 0.629. The molecule has 0 aliphatic heterocycles. The topological polar surface area (TPSA) is 55.4 Å². The number of hydrogen-bond acceptors (Lipinski definition) is 3. The van der Waals surface area contributed by atoms with Crippen molar-refractivity contribution >= 4 is 17.6 Å². The highest BCUT2D eigenvalue weighted by molar-refractivity contribution is 5.88. The third-order valence-corrected chi connectivity index (χ3v) is 4.12. The number of esters is 1. The molecule has 22 heavy (non-hydrogen) atoms. The lowest BCUT2D eigenvalue weighted by molar-refractivity contribution is -0.134. The molecular formula is C18H25NO3. The maximum Gasteiger partial charge on any atom is 0.311 e. The number of nitrogens with one attached hydrogen (secondary N) is 1. The third-order valence-electron chi connectivity index (χ3n) is 4.12. The van der Waals surface area contributed by atoms with Crippen molar-refractivity contribution in [1.82, 2.24) is 0 Å². The van der Waals surface area contributed by atoms with Gasteiger partial charge in [-0.05, 0) is 43.0 Å². The first-order chi connectivity index (χ1) is 10.6. The van der Waals surface area contributed by atoms with Crippen molar-refractivity contribution in [2.45, 2.75) is 58.3 Å². The molecule has 1 aromatic rings. The summed E-state index contributed by atoms with van der Waals surface area (Å²) in [6, 6.07) is 6.85. The molecule has 0 heterocycles. The van der Waals surface area contributed by atoms with Crippen molar-refractivity contribution in [2.75, 3.05) is 5.32 Å². The van der Waals surface area contributed by atoms with Crippen LogP contribution >= 0.6 is 0 Å². The molecule has 0 spiro atoms. The number of carbonyl (C=O) groups excluding carboxylic acids is 2. The van der Waals surface area contributed by atoms with Gasteiger partial charge in [-0.15, -0.1) is 0 Å². The van der Waals surface area contributed by atoms with E-state index in [1.165, 1.54) is 39.0 Å². The highest BCUT2D eigenvalue weighted by Crippen LogP contribution is 2.27. The number of hydrogen-bond donors (Lipinski definition) is 1. The Hall–Kier alpha value is -1.84. The molecule has 4 nitrogen and oxygen atoms in total. The number of rotatable bonds is 6. The van der Waals surface area contributed by atoms with Gasteiger partial charge in [-0.25, -0.2) is 0 Å². The maximum absolute atomic E-state index is 11.8. The molecule has 120 valence electrons. The minimum Gasteiger partial charge on any atom is -0.427 e. The Kier molecular flexibility index (Phi) is 6.44. The monoisotopic (exact) mass is 303 g/mol. The summed E-state index contributed by atoms with van der Waals surface area (Å²) >= 11 is 0. The Morgan fingerprint density at radius 1 is 1.14 bits per heavy atom. The molecule has 0 unspecified atom stereocenters. The summed E-state index contributed by atoms with van der Waals surface area (Å²) in [7, 11) is 0. The summed E-state index contributed by atoms with van der Waals surface area (Å²) in [5.74, 6) is 1.03. The van der Waals surface area contributed by atoms with E-state index >= 15 is 0 Å². The molecule has 1 fully saturated rings. The van der Waals surface area contributed by atoms with Crippen LogP contribution in [0.1, 0.15) is 58.3 Å². The number of anilines is 1. The van der Waals surface area contributed by atoms with Crippen LogP contribution in [0.25, 0.3) is 0 Å². The summed E-state index contributed by atoms with van der Waals surface area (Å²) in [6.45, 7) is 1.46. The number of benzene rings is 1. The van der Waals surface area contributed by atoms with E-state index in [0.717, 1.165) is 18.8 Å². The van der Waals surface area contributed by atoms with E-state index in [0.29, 0.717) is 17.9 Å². The van der Waals surface area contributed by atoms with Crippen molar-refractivity contribution in [3.05, 3.63) is 24.3 Å². The lowest BCUT2D eigenvalue weighted by atomic mass is 9.86. The number of amides is 1. The number of ether oxygens (including phenoxy) is 1. The van der Waals surface area contributed by atoms with E-state index < -0.39 is 0 Å². The Morgan fingerprint density at radius 3 is 2.45 bits per heavy atom. The predicted molar refractivity (Wildman–Crippen MR) is 86.8 cm³/mol. The van der Waals surface area contributed by atoms with Gasteiger partial charge in [0.25, 0.3) is 0 Å². The van der Waals surface area contributed by atoms with Gasteiger partial charge in [0.05, 0.1) is 0 Å². The fraction of sp³-hybridized carbons (Fsp3) is 0.556. The molecule has 4 heteroatoms. The van der Waals surface area contributed by atoms with E-state index in [-0.39, 0.29) is 11.9 Å². The lowest BCUT2D eigenvalue weighted by Crippen LogP contribution is -2.10. The summed E-state index contributed by atoms with van der Waals surface area (Å²) in [5, 5.41) is 2.68. The molecule has 0 atom stereocenters. The van der Waals surface area contributed by atoms with E-state index in [1.54, 1.807) is 24.3 Å². The molecule has 1 saturated carbocycles. The van der Waals surface area contributed by atoms with Gasteiger partial charge in [-0.3, -0.25) is 9.59 Å². The van der Waals surface area contributed by atoms with Crippen molar-refractivity contribution < 1.29 is 14.3 Å². The standard InChI is InChI=1S/C18H25NO3/c1-14(20)19-16-10-12-17(13-11-16)22-18(21)9-5-8-15-6-3-2-4-7-15/h10-13,15H,2-9H2,1H3,(H,19,20). The highest BCUT2D eigenvalue weighted by atomic mass is 16.5. The van der Waals surface area contributed by atoms with Gasteiger partial charge >= 0.3 is 5.97 Å². The second kappa shape index (κ2) is 8.57. The second-order valence-electron chi connectivity index (χ2n) is 6.08. The van der Waals surface area contributed by atoms with Crippen LogP contribution in [-0.4, -0.2) is 11.9 Å². The van der Waals surface area contributed by atoms with Gasteiger partial charge in [0.15, 0.2) is 0 Å². The molecular weight excluding hydrogens is 278 g/mol. The first kappa shape index (κ1) is 16.5. The van der Waals surface area contributed by atoms with E-state index in [4.69, 9.17) is 4.74 Å². The zero-order valence-corrected chi connectivity index (χ0v) is 13.3. The molecule has 0 aromatic heterocycles. The smallest absolute Gasteiger partial charge is 0.311 e. The Balaban J connectivity index is 1.68. The van der Waals surface area contributed by atoms with Crippen LogP contribution in [0, 0.1) is 5.92 Å². The summed E-state index contributed by atoms with van der Waals surface area (Å²) < 4.78 is 5.31. The molecule has 0 radical (unpaired) electrons. The maximum atomic E-state index is 11.8. The van der Waals surface area contributed by atoms with Crippen molar-refractivity contribution in [2.24, 2.45) is 5.92 Å². The normalized spacial score (nSPS) is 15.3. The van der Waals surface area contributed by atoms with Gasteiger partial charge < -0.3 is 10.1 Å².